The zero-order valence-electron chi connectivity index (χ0n) is 14.9. The highest BCUT2D eigenvalue weighted by Crippen LogP contribution is 2.43. The maximum absolute atomic E-state index is 12.5. The van der Waals surface area contributed by atoms with Crippen LogP contribution in [0, 0.1) is 0 Å². The van der Waals surface area contributed by atoms with Crippen molar-refractivity contribution in [2.24, 2.45) is 0 Å². The average molecular weight is 378 g/mol. The summed E-state index contributed by atoms with van der Waals surface area (Å²) in [7, 11) is 1.59. The molecule has 3 rings (SSSR count). The van der Waals surface area contributed by atoms with Crippen LogP contribution in [0.2, 0.25) is 0 Å². The molecule has 0 bridgehead atoms. The molecule has 1 unspecified atom stereocenters. The number of hydrogen-bond donors (Lipinski definition) is 2. The van der Waals surface area contributed by atoms with E-state index >= 15 is 0 Å². The predicted molar refractivity (Wildman–Crippen MR) is 99.8 cm³/mol. The summed E-state index contributed by atoms with van der Waals surface area (Å²) in [5.41, 5.74) is 1.21. The molecular weight excluding hydrogens is 354 g/mol. The lowest BCUT2D eigenvalue weighted by molar-refractivity contribution is -0.134. The minimum absolute atomic E-state index is 0.221. The largest absolute Gasteiger partial charge is 0.497 e. The zero-order chi connectivity index (χ0) is 18.7. The smallest absolute Gasteiger partial charge is 0.339 e. The molecular formula is C20H24ClNO4. The Hall–Kier alpha value is -2.01. The molecule has 140 valence electrons. The molecule has 0 saturated heterocycles. The number of fused-ring (bicyclic) bond motifs is 1. The summed E-state index contributed by atoms with van der Waals surface area (Å²) in [4.78, 5) is 23.1. The Morgan fingerprint density at radius 2 is 2.00 bits per heavy atom. The summed E-state index contributed by atoms with van der Waals surface area (Å²) in [6, 6.07) is 0.254. The highest BCUT2D eigenvalue weighted by molar-refractivity contribution is 6.29. The standard InChI is InChI=1S/C20H24ClNO4/c1-26-15-9-10-20(21)13(11-15)7-8-16(19(24)25)17(23)12-18(20)22-14-5-3-2-4-6-14/h8-9,11-12,14,22H,2-7,10H2,1H3,(H,24,25)/b16-8+,18-12-. The SMILES string of the molecule is COC1=CCC2(Cl)C(=C1)C/C=C(/C(=O)O)C(=O)/C=C/2NC1CCCCC1. The second kappa shape index (κ2) is 7.70. The minimum Gasteiger partial charge on any atom is -0.497 e. The number of carboxylic acid groups (broad SMARTS) is 1. The summed E-state index contributed by atoms with van der Waals surface area (Å²) in [5, 5.41) is 12.8. The molecule has 1 saturated carbocycles. The van der Waals surface area contributed by atoms with E-state index in [-0.39, 0.29) is 11.6 Å². The minimum atomic E-state index is -1.22. The van der Waals surface area contributed by atoms with E-state index in [1.807, 2.05) is 12.2 Å². The van der Waals surface area contributed by atoms with E-state index in [0.717, 1.165) is 31.3 Å². The molecule has 0 aromatic rings. The molecule has 0 amide bonds. The van der Waals surface area contributed by atoms with Gasteiger partial charge in [-0.2, -0.15) is 0 Å². The quantitative estimate of drug-likeness (QED) is 0.578. The fourth-order valence-electron chi connectivity index (χ4n) is 3.81. The molecule has 3 aliphatic rings. The maximum atomic E-state index is 12.5. The van der Waals surface area contributed by atoms with E-state index in [1.54, 1.807) is 7.11 Å². The van der Waals surface area contributed by atoms with Crippen LogP contribution in [0.25, 0.3) is 0 Å². The average Bonchev–Trinajstić information content (AvgIpc) is 2.62. The van der Waals surface area contributed by atoms with Crippen LogP contribution in [0.1, 0.15) is 44.9 Å². The first-order chi connectivity index (χ1) is 12.4. The van der Waals surface area contributed by atoms with E-state index in [1.165, 1.54) is 18.6 Å². The van der Waals surface area contributed by atoms with Crippen LogP contribution in [0.15, 0.2) is 46.9 Å². The van der Waals surface area contributed by atoms with Crippen molar-refractivity contribution < 1.29 is 19.4 Å². The van der Waals surface area contributed by atoms with E-state index in [0.29, 0.717) is 24.3 Å². The molecule has 0 aromatic heterocycles. The van der Waals surface area contributed by atoms with Gasteiger partial charge in [0.25, 0.3) is 0 Å². The van der Waals surface area contributed by atoms with Crippen molar-refractivity contribution in [3.05, 3.63) is 46.9 Å². The summed E-state index contributed by atoms with van der Waals surface area (Å²) in [6.45, 7) is 0. The first kappa shape index (κ1) is 18.8. The van der Waals surface area contributed by atoms with E-state index in [9.17, 15) is 14.7 Å². The van der Waals surface area contributed by atoms with Crippen molar-refractivity contribution >= 4 is 23.4 Å². The Kier molecular flexibility index (Phi) is 5.56. The van der Waals surface area contributed by atoms with Gasteiger partial charge in [0.15, 0.2) is 5.78 Å². The third kappa shape index (κ3) is 3.73. The van der Waals surface area contributed by atoms with Crippen LogP contribution in [-0.2, 0) is 14.3 Å². The Morgan fingerprint density at radius 3 is 2.65 bits per heavy atom. The van der Waals surface area contributed by atoms with Gasteiger partial charge in [0.1, 0.15) is 16.2 Å². The maximum Gasteiger partial charge on any atom is 0.339 e. The third-order valence-electron chi connectivity index (χ3n) is 5.33. The fourth-order valence-corrected chi connectivity index (χ4v) is 4.13. The second-order valence-electron chi connectivity index (χ2n) is 7.01. The topological polar surface area (TPSA) is 75.6 Å². The van der Waals surface area contributed by atoms with Gasteiger partial charge in [0, 0.05) is 17.8 Å². The second-order valence-corrected chi connectivity index (χ2v) is 7.66. The van der Waals surface area contributed by atoms with Crippen LogP contribution in [-0.4, -0.2) is 34.9 Å². The Labute approximate surface area is 158 Å². The number of ketones is 1. The van der Waals surface area contributed by atoms with Gasteiger partial charge in [0.05, 0.1) is 7.11 Å². The van der Waals surface area contributed by atoms with Gasteiger partial charge >= 0.3 is 5.97 Å². The monoisotopic (exact) mass is 377 g/mol. The first-order valence-electron chi connectivity index (χ1n) is 9.04. The predicted octanol–water partition coefficient (Wildman–Crippen LogP) is 3.61. The molecule has 5 nitrogen and oxygen atoms in total. The number of nitrogens with one attached hydrogen (secondary N) is 1. The molecule has 1 atom stereocenters. The molecule has 3 aliphatic carbocycles. The number of carbonyl (C=O) groups is 2. The van der Waals surface area contributed by atoms with Crippen molar-refractivity contribution in [2.75, 3.05) is 7.11 Å². The Morgan fingerprint density at radius 1 is 1.27 bits per heavy atom. The van der Waals surface area contributed by atoms with Crippen LogP contribution in [0.4, 0.5) is 0 Å². The number of methoxy groups -OCH3 is 1. The first-order valence-corrected chi connectivity index (χ1v) is 9.42. The van der Waals surface area contributed by atoms with Gasteiger partial charge in [-0.1, -0.05) is 25.3 Å². The number of alkyl halides is 1. The Balaban J connectivity index is 2.00. The van der Waals surface area contributed by atoms with Gasteiger partial charge in [-0.15, -0.1) is 11.6 Å². The van der Waals surface area contributed by atoms with Gasteiger partial charge in [-0.25, -0.2) is 4.79 Å². The molecule has 26 heavy (non-hydrogen) atoms. The van der Waals surface area contributed by atoms with Crippen LogP contribution >= 0.6 is 11.6 Å². The molecule has 2 N–H and O–H groups in total. The number of carbonyl (C=O) groups excluding carboxylic acids is 1. The van der Waals surface area contributed by atoms with E-state index in [4.69, 9.17) is 16.3 Å². The number of rotatable bonds is 4. The van der Waals surface area contributed by atoms with Gasteiger partial charge < -0.3 is 15.2 Å². The third-order valence-corrected chi connectivity index (χ3v) is 5.94. The highest BCUT2D eigenvalue weighted by Gasteiger charge is 2.40. The zero-order valence-corrected chi connectivity index (χ0v) is 15.6. The van der Waals surface area contributed by atoms with Crippen molar-refractivity contribution in [1.29, 1.82) is 0 Å². The van der Waals surface area contributed by atoms with Crippen molar-refractivity contribution in [3.63, 3.8) is 0 Å². The summed E-state index contributed by atoms with van der Waals surface area (Å²) in [5.74, 6) is -1.04. The summed E-state index contributed by atoms with van der Waals surface area (Å²) < 4.78 is 5.32. The van der Waals surface area contributed by atoms with Crippen molar-refractivity contribution in [2.45, 2.75) is 55.9 Å². The fraction of sp³-hybridized carbons (Fsp3) is 0.500. The summed E-state index contributed by atoms with van der Waals surface area (Å²) >= 11 is 7.03. The number of aliphatic carboxylic acids is 1. The van der Waals surface area contributed by atoms with E-state index < -0.39 is 16.6 Å². The van der Waals surface area contributed by atoms with Crippen LogP contribution in [0.5, 0.6) is 0 Å². The van der Waals surface area contributed by atoms with Crippen molar-refractivity contribution in [3.8, 4) is 0 Å². The molecule has 6 heteroatoms. The number of allylic oxidation sites excluding steroid dienone is 5. The van der Waals surface area contributed by atoms with Crippen LogP contribution < -0.4 is 5.32 Å². The van der Waals surface area contributed by atoms with Gasteiger partial charge in [-0.05, 0) is 43.4 Å². The number of carboxylic acids is 1. The normalized spacial score (nSPS) is 31.1. The Bertz CT molecular complexity index is 728. The number of ether oxygens (including phenoxy) is 1. The van der Waals surface area contributed by atoms with Crippen molar-refractivity contribution in [1.82, 2.24) is 5.32 Å². The lowest BCUT2D eigenvalue weighted by Gasteiger charge is -2.38. The molecule has 0 aliphatic heterocycles. The van der Waals surface area contributed by atoms with Crippen LogP contribution in [0.3, 0.4) is 0 Å². The molecule has 0 spiro atoms. The molecule has 0 aromatic carbocycles. The lowest BCUT2D eigenvalue weighted by Crippen LogP contribution is -2.42. The molecule has 0 heterocycles. The van der Waals surface area contributed by atoms with E-state index in [2.05, 4.69) is 5.32 Å². The van der Waals surface area contributed by atoms with Gasteiger partial charge in [0.2, 0.25) is 0 Å². The number of halogens is 1. The summed E-state index contributed by atoms with van der Waals surface area (Å²) in [6.07, 6.45) is 12.9. The number of hydrogen-bond acceptors (Lipinski definition) is 4. The molecule has 1 fully saturated rings. The highest BCUT2D eigenvalue weighted by atomic mass is 35.5. The molecule has 0 radical (unpaired) electrons. The lowest BCUT2D eigenvalue weighted by atomic mass is 9.81. The van der Waals surface area contributed by atoms with Gasteiger partial charge in [-0.3, -0.25) is 4.79 Å².